The van der Waals surface area contributed by atoms with E-state index in [0.29, 0.717) is 12.3 Å². The van der Waals surface area contributed by atoms with Crippen LogP contribution in [-0.2, 0) is 10.0 Å². The number of primary sulfonamides is 1. The standard InChI is InChI=1S/C7H17NO2S/c1-6(2)5-7(3,4)11(8,9)10/h6H,5H2,1-4H3,(H2,8,9,10). The molecule has 0 radical (unpaired) electrons. The minimum Gasteiger partial charge on any atom is -0.228 e. The lowest BCUT2D eigenvalue weighted by molar-refractivity contribution is 0.464. The van der Waals surface area contributed by atoms with E-state index in [2.05, 4.69) is 0 Å². The first-order chi connectivity index (χ1) is 4.67. The summed E-state index contributed by atoms with van der Waals surface area (Å²) in [6.45, 7) is 7.27. The first-order valence-corrected chi connectivity index (χ1v) is 5.24. The lowest BCUT2D eigenvalue weighted by Crippen LogP contribution is -2.38. The van der Waals surface area contributed by atoms with Crippen LogP contribution in [0.25, 0.3) is 0 Å². The quantitative estimate of drug-likeness (QED) is 0.705. The van der Waals surface area contributed by atoms with Crippen molar-refractivity contribution >= 4 is 10.0 Å². The zero-order valence-corrected chi connectivity index (χ0v) is 8.40. The first kappa shape index (κ1) is 10.9. The van der Waals surface area contributed by atoms with E-state index in [1.807, 2.05) is 13.8 Å². The summed E-state index contributed by atoms with van der Waals surface area (Å²) in [4.78, 5) is 0. The summed E-state index contributed by atoms with van der Waals surface area (Å²) in [7, 11) is -3.40. The Kier molecular flexibility index (Phi) is 3.08. The highest BCUT2D eigenvalue weighted by Gasteiger charge is 2.31. The van der Waals surface area contributed by atoms with Gasteiger partial charge in [-0.15, -0.1) is 0 Å². The summed E-state index contributed by atoms with van der Waals surface area (Å²) in [6.07, 6.45) is 0.603. The SMILES string of the molecule is CC(C)CC(C)(C)S(N)(=O)=O. The number of nitrogens with two attached hydrogens (primary N) is 1. The van der Waals surface area contributed by atoms with Gasteiger partial charge in [-0.1, -0.05) is 13.8 Å². The molecule has 0 heterocycles. The molecule has 0 aromatic carbocycles. The van der Waals surface area contributed by atoms with Gasteiger partial charge < -0.3 is 0 Å². The molecule has 0 fully saturated rings. The fourth-order valence-electron chi connectivity index (χ4n) is 1.10. The number of rotatable bonds is 3. The molecule has 4 heteroatoms. The molecular weight excluding hydrogens is 162 g/mol. The van der Waals surface area contributed by atoms with Gasteiger partial charge in [-0.25, -0.2) is 13.6 Å². The highest BCUT2D eigenvalue weighted by atomic mass is 32.2. The third kappa shape index (κ3) is 3.20. The Balaban J connectivity index is 4.49. The Morgan fingerprint density at radius 3 is 1.82 bits per heavy atom. The molecule has 0 aromatic heterocycles. The molecular formula is C7H17NO2S. The molecule has 0 atom stereocenters. The summed E-state index contributed by atoms with van der Waals surface area (Å²) >= 11 is 0. The molecule has 0 amide bonds. The number of hydrogen-bond acceptors (Lipinski definition) is 2. The van der Waals surface area contributed by atoms with Crippen molar-refractivity contribution in [2.45, 2.75) is 38.9 Å². The van der Waals surface area contributed by atoms with Gasteiger partial charge in [0.1, 0.15) is 0 Å². The van der Waals surface area contributed by atoms with Gasteiger partial charge in [-0.2, -0.15) is 0 Å². The van der Waals surface area contributed by atoms with Crippen molar-refractivity contribution in [3.8, 4) is 0 Å². The molecule has 0 aliphatic carbocycles. The van der Waals surface area contributed by atoms with Crippen LogP contribution in [0.2, 0.25) is 0 Å². The van der Waals surface area contributed by atoms with Gasteiger partial charge in [0.2, 0.25) is 10.0 Å². The van der Waals surface area contributed by atoms with Crippen molar-refractivity contribution in [2.75, 3.05) is 0 Å². The maximum Gasteiger partial charge on any atom is 0.214 e. The van der Waals surface area contributed by atoms with Gasteiger partial charge in [0, 0.05) is 0 Å². The smallest absolute Gasteiger partial charge is 0.214 e. The average Bonchev–Trinajstić information content (AvgIpc) is 1.56. The van der Waals surface area contributed by atoms with E-state index in [1.165, 1.54) is 0 Å². The van der Waals surface area contributed by atoms with Crippen LogP contribution in [0.1, 0.15) is 34.1 Å². The molecule has 3 nitrogen and oxygen atoms in total. The zero-order valence-electron chi connectivity index (χ0n) is 7.59. The van der Waals surface area contributed by atoms with E-state index in [4.69, 9.17) is 5.14 Å². The lowest BCUT2D eigenvalue weighted by atomic mass is 10.0. The van der Waals surface area contributed by atoms with Crippen molar-refractivity contribution < 1.29 is 8.42 Å². The summed E-state index contributed by atoms with van der Waals surface area (Å²) in [5.74, 6) is 0.350. The largest absolute Gasteiger partial charge is 0.228 e. The minimum absolute atomic E-state index is 0.350. The molecule has 0 saturated heterocycles. The number of sulfonamides is 1. The average molecular weight is 179 g/mol. The maximum atomic E-state index is 11.0. The van der Waals surface area contributed by atoms with Crippen LogP contribution in [0.3, 0.4) is 0 Å². The fourth-order valence-corrected chi connectivity index (χ4v) is 1.66. The third-order valence-corrected chi connectivity index (χ3v) is 3.38. The van der Waals surface area contributed by atoms with Crippen molar-refractivity contribution in [2.24, 2.45) is 11.1 Å². The number of hydrogen-bond donors (Lipinski definition) is 1. The highest BCUT2D eigenvalue weighted by molar-refractivity contribution is 7.90. The molecule has 0 aromatic rings. The Labute approximate surface area is 69.0 Å². The van der Waals surface area contributed by atoms with Gasteiger partial charge in [-0.05, 0) is 26.2 Å². The molecule has 0 aliphatic heterocycles. The Morgan fingerprint density at radius 1 is 1.36 bits per heavy atom. The van der Waals surface area contributed by atoms with E-state index in [9.17, 15) is 8.42 Å². The molecule has 68 valence electrons. The fraction of sp³-hybridized carbons (Fsp3) is 1.00. The summed E-state index contributed by atoms with van der Waals surface area (Å²) < 4.78 is 21.1. The van der Waals surface area contributed by atoms with Crippen molar-refractivity contribution in [3.05, 3.63) is 0 Å². The molecule has 0 rings (SSSR count). The van der Waals surface area contributed by atoms with Crippen molar-refractivity contribution in [1.82, 2.24) is 0 Å². The normalized spacial score (nSPS) is 14.0. The van der Waals surface area contributed by atoms with Gasteiger partial charge in [0.05, 0.1) is 4.75 Å². The van der Waals surface area contributed by atoms with Crippen LogP contribution in [0.4, 0.5) is 0 Å². The molecule has 0 saturated carbocycles. The maximum absolute atomic E-state index is 11.0. The topological polar surface area (TPSA) is 60.2 Å². The van der Waals surface area contributed by atoms with E-state index in [1.54, 1.807) is 13.8 Å². The van der Waals surface area contributed by atoms with Gasteiger partial charge in [0.15, 0.2) is 0 Å². The van der Waals surface area contributed by atoms with Crippen LogP contribution < -0.4 is 5.14 Å². The monoisotopic (exact) mass is 179 g/mol. The lowest BCUT2D eigenvalue weighted by Gasteiger charge is -2.23. The Hall–Kier alpha value is -0.0900. The summed E-state index contributed by atoms with van der Waals surface area (Å²) in [6, 6.07) is 0. The minimum atomic E-state index is -3.40. The van der Waals surface area contributed by atoms with Crippen LogP contribution in [-0.4, -0.2) is 13.2 Å². The Morgan fingerprint density at radius 2 is 1.73 bits per heavy atom. The molecule has 0 spiro atoms. The summed E-state index contributed by atoms with van der Waals surface area (Å²) in [5.41, 5.74) is 0. The second kappa shape index (κ2) is 3.11. The molecule has 0 unspecified atom stereocenters. The van der Waals surface area contributed by atoms with Crippen LogP contribution in [0.15, 0.2) is 0 Å². The molecule has 2 N–H and O–H groups in total. The first-order valence-electron chi connectivity index (χ1n) is 3.69. The van der Waals surface area contributed by atoms with Crippen LogP contribution in [0.5, 0.6) is 0 Å². The van der Waals surface area contributed by atoms with Gasteiger partial charge in [0.25, 0.3) is 0 Å². The van der Waals surface area contributed by atoms with E-state index >= 15 is 0 Å². The van der Waals surface area contributed by atoms with Crippen LogP contribution in [0, 0.1) is 5.92 Å². The predicted molar refractivity (Wildman–Crippen MR) is 46.6 cm³/mol. The Bertz CT molecular complexity index is 217. The van der Waals surface area contributed by atoms with Crippen LogP contribution >= 0.6 is 0 Å². The van der Waals surface area contributed by atoms with Crippen molar-refractivity contribution in [1.29, 1.82) is 0 Å². The summed E-state index contributed by atoms with van der Waals surface area (Å²) in [5, 5.41) is 5.03. The molecule has 0 bridgehead atoms. The molecule has 0 aliphatic rings. The van der Waals surface area contributed by atoms with Gasteiger partial charge in [-0.3, -0.25) is 0 Å². The van der Waals surface area contributed by atoms with E-state index in [0.717, 1.165) is 0 Å². The second-order valence-electron chi connectivity index (χ2n) is 3.90. The zero-order chi connectivity index (χ0) is 9.28. The second-order valence-corrected chi connectivity index (χ2v) is 6.10. The third-order valence-electron chi connectivity index (χ3n) is 1.67. The van der Waals surface area contributed by atoms with E-state index < -0.39 is 14.8 Å². The molecule has 11 heavy (non-hydrogen) atoms. The van der Waals surface area contributed by atoms with E-state index in [-0.39, 0.29) is 0 Å². The highest BCUT2D eigenvalue weighted by Crippen LogP contribution is 2.22. The predicted octanol–water partition coefficient (Wildman–Crippen LogP) is 1.10. The van der Waals surface area contributed by atoms with Crippen molar-refractivity contribution in [3.63, 3.8) is 0 Å². The van der Waals surface area contributed by atoms with Gasteiger partial charge >= 0.3 is 0 Å².